The van der Waals surface area contributed by atoms with Gasteiger partial charge in [-0.2, -0.15) is 0 Å². The monoisotopic (exact) mass is 248 g/mol. The largest absolute Gasteiger partial charge is 0.369 e. The van der Waals surface area contributed by atoms with E-state index in [-0.39, 0.29) is 11.8 Å². The molecule has 1 aliphatic rings. The SMILES string of the molecule is CN1CCN(CC(C(N)=O)c2cccnc2)CC1. The molecule has 18 heavy (non-hydrogen) atoms. The lowest BCUT2D eigenvalue weighted by atomic mass is 9.99. The molecule has 0 bridgehead atoms. The zero-order chi connectivity index (χ0) is 13.0. The molecule has 1 saturated heterocycles. The van der Waals surface area contributed by atoms with Crippen molar-refractivity contribution in [3.63, 3.8) is 0 Å². The first-order valence-electron chi connectivity index (χ1n) is 6.27. The summed E-state index contributed by atoms with van der Waals surface area (Å²) in [4.78, 5) is 20.2. The van der Waals surface area contributed by atoms with Crippen LogP contribution in [0.3, 0.4) is 0 Å². The van der Waals surface area contributed by atoms with Crippen LogP contribution in [0.4, 0.5) is 0 Å². The lowest BCUT2D eigenvalue weighted by Gasteiger charge is -2.34. The third kappa shape index (κ3) is 3.27. The van der Waals surface area contributed by atoms with Gasteiger partial charge in [0, 0.05) is 45.1 Å². The lowest BCUT2D eigenvalue weighted by molar-refractivity contribution is -0.120. The number of aromatic nitrogens is 1. The van der Waals surface area contributed by atoms with Crippen LogP contribution < -0.4 is 5.73 Å². The fourth-order valence-corrected chi connectivity index (χ4v) is 2.23. The lowest BCUT2D eigenvalue weighted by Crippen LogP contribution is -2.47. The molecule has 0 spiro atoms. The summed E-state index contributed by atoms with van der Waals surface area (Å²) in [5.74, 6) is -0.538. The average Bonchev–Trinajstić information content (AvgIpc) is 2.38. The van der Waals surface area contributed by atoms with E-state index < -0.39 is 0 Å². The number of hydrogen-bond donors (Lipinski definition) is 1. The Kier molecular flexibility index (Phi) is 4.28. The number of nitrogens with two attached hydrogens (primary N) is 1. The maximum atomic E-state index is 11.6. The number of nitrogens with zero attached hydrogens (tertiary/aromatic N) is 3. The molecule has 0 radical (unpaired) electrons. The smallest absolute Gasteiger partial charge is 0.226 e. The summed E-state index contributed by atoms with van der Waals surface area (Å²) < 4.78 is 0. The van der Waals surface area contributed by atoms with Crippen molar-refractivity contribution in [2.45, 2.75) is 5.92 Å². The molecule has 2 heterocycles. The van der Waals surface area contributed by atoms with Crippen LogP contribution in [-0.2, 0) is 4.79 Å². The van der Waals surface area contributed by atoms with Crippen molar-refractivity contribution >= 4 is 5.91 Å². The van der Waals surface area contributed by atoms with E-state index in [1.54, 1.807) is 12.4 Å². The quantitative estimate of drug-likeness (QED) is 0.808. The first-order chi connectivity index (χ1) is 8.66. The Morgan fingerprint density at radius 1 is 1.44 bits per heavy atom. The molecule has 5 heteroatoms. The van der Waals surface area contributed by atoms with Crippen LogP contribution >= 0.6 is 0 Å². The summed E-state index contributed by atoms with van der Waals surface area (Å²) in [5.41, 5.74) is 6.42. The third-order valence-electron chi connectivity index (χ3n) is 3.47. The van der Waals surface area contributed by atoms with Crippen molar-refractivity contribution in [1.82, 2.24) is 14.8 Å². The van der Waals surface area contributed by atoms with Crippen LogP contribution in [0.25, 0.3) is 0 Å². The van der Waals surface area contributed by atoms with Gasteiger partial charge in [0.1, 0.15) is 0 Å². The van der Waals surface area contributed by atoms with Gasteiger partial charge in [0.2, 0.25) is 5.91 Å². The van der Waals surface area contributed by atoms with Gasteiger partial charge >= 0.3 is 0 Å². The Balaban J connectivity index is 2.01. The van der Waals surface area contributed by atoms with E-state index in [2.05, 4.69) is 21.8 Å². The Bertz CT molecular complexity index is 387. The molecule has 1 fully saturated rings. The van der Waals surface area contributed by atoms with Crippen molar-refractivity contribution < 1.29 is 4.79 Å². The van der Waals surface area contributed by atoms with Crippen LogP contribution in [0.1, 0.15) is 11.5 Å². The number of likely N-dealkylation sites (N-methyl/N-ethyl adjacent to an activating group) is 1. The first-order valence-corrected chi connectivity index (χ1v) is 6.27. The number of carbonyl (C=O) groups excluding carboxylic acids is 1. The van der Waals surface area contributed by atoms with Gasteiger partial charge < -0.3 is 10.6 Å². The summed E-state index contributed by atoms with van der Waals surface area (Å²) in [6.07, 6.45) is 3.43. The van der Waals surface area contributed by atoms with E-state index in [0.29, 0.717) is 6.54 Å². The molecule has 5 nitrogen and oxygen atoms in total. The Morgan fingerprint density at radius 3 is 2.72 bits per heavy atom. The molecule has 98 valence electrons. The predicted octanol–water partition coefficient (Wildman–Crippen LogP) is -0.102. The molecule has 1 amide bonds. The molecule has 2 rings (SSSR count). The highest BCUT2D eigenvalue weighted by Gasteiger charge is 2.23. The van der Waals surface area contributed by atoms with Crippen molar-refractivity contribution in [3.05, 3.63) is 30.1 Å². The molecule has 1 aromatic heterocycles. The molecule has 2 N–H and O–H groups in total. The third-order valence-corrected chi connectivity index (χ3v) is 3.47. The Labute approximate surface area is 108 Å². The predicted molar refractivity (Wildman–Crippen MR) is 70.1 cm³/mol. The van der Waals surface area contributed by atoms with Crippen LogP contribution in [-0.4, -0.2) is 60.5 Å². The molecular formula is C13H20N4O. The van der Waals surface area contributed by atoms with Gasteiger partial charge in [-0.15, -0.1) is 0 Å². The number of hydrogen-bond acceptors (Lipinski definition) is 4. The van der Waals surface area contributed by atoms with Crippen LogP contribution in [0, 0.1) is 0 Å². The Morgan fingerprint density at radius 2 is 2.17 bits per heavy atom. The first kappa shape index (κ1) is 13.0. The fourth-order valence-electron chi connectivity index (χ4n) is 2.23. The zero-order valence-corrected chi connectivity index (χ0v) is 10.7. The number of primary amides is 1. The highest BCUT2D eigenvalue weighted by molar-refractivity contribution is 5.82. The summed E-state index contributed by atoms with van der Waals surface area (Å²) in [5, 5.41) is 0. The van der Waals surface area contributed by atoms with Crippen molar-refractivity contribution in [2.75, 3.05) is 39.8 Å². The standard InChI is InChI=1S/C13H20N4O/c1-16-5-7-17(8-6-16)10-12(13(14)18)11-3-2-4-15-9-11/h2-4,9,12H,5-8,10H2,1H3,(H2,14,18). The van der Waals surface area contributed by atoms with Gasteiger partial charge in [0.15, 0.2) is 0 Å². The number of amides is 1. The van der Waals surface area contributed by atoms with Gasteiger partial charge in [0.25, 0.3) is 0 Å². The number of piperazine rings is 1. The van der Waals surface area contributed by atoms with E-state index in [4.69, 9.17) is 5.73 Å². The van der Waals surface area contributed by atoms with E-state index in [1.807, 2.05) is 12.1 Å². The zero-order valence-electron chi connectivity index (χ0n) is 10.7. The van der Waals surface area contributed by atoms with Crippen LogP contribution in [0.15, 0.2) is 24.5 Å². The number of pyridine rings is 1. The van der Waals surface area contributed by atoms with Gasteiger partial charge in [-0.25, -0.2) is 0 Å². The van der Waals surface area contributed by atoms with Gasteiger partial charge in [-0.3, -0.25) is 14.7 Å². The fraction of sp³-hybridized carbons (Fsp3) is 0.538. The highest BCUT2D eigenvalue weighted by atomic mass is 16.1. The van der Waals surface area contributed by atoms with Crippen molar-refractivity contribution in [2.24, 2.45) is 5.73 Å². The molecule has 0 aliphatic carbocycles. The summed E-state index contributed by atoms with van der Waals surface area (Å²) in [6.45, 7) is 4.74. The second kappa shape index (κ2) is 5.93. The minimum atomic E-state index is -0.276. The van der Waals surface area contributed by atoms with E-state index in [1.165, 1.54) is 0 Å². The maximum Gasteiger partial charge on any atom is 0.226 e. The van der Waals surface area contributed by atoms with Crippen molar-refractivity contribution in [1.29, 1.82) is 0 Å². The van der Waals surface area contributed by atoms with E-state index >= 15 is 0 Å². The summed E-state index contributed by atoms with van der Waals surface area (Å²) in [7, 11) is 2.12. The van der Waals surface area contributed by atoms with Gasteiger partial charge in [0.05, 0.1) is 5.92 Å². The minimum Gasteiger partial charge on any atom is -0.369 e. The summed E-state index contributed by atoms with van der Waals surface area (Å²) >= 11 is 0. The summed E-state index contributed by atoms with van der Waals surface area (Å²) in [6, 6.07) is 3.76. The number of rotatable bonds is 4. The molecule has 0 aromatic carbocycles. The van der Waals surface area contributed by atoms with Crippen LogP contribution in [0.5, 0.6) is 0 Å². The Hall–Kier alpha value is -1.46. The highest BCUT2D eigenvalue weighted by Crippen LogP contribution is 2.16. The van der Waals surface area contributed by atoms with Crippen molar-refractivity contribution in [3.8, 4) is 0 Å². The number of carbonyl (C=O) groups is 1. The maximum absolute atomic E-state index is 11.6. The second-order valence-corrected chi connectivity index (χ2v) is 4.85. The van der Waals surface area contributed by atoms with Gasteiger partial charge in [-0.05, 0) is 18.7 Å². The van der Waals surface area contributed by atoms with E-state index in [0.717, 1.165) is 31.7 Å². The second-order valence-electron chi connectivity index (χ2n) is 4.85. The molecule has 1 aromatic rings. The molecule has 1 unspecified atom stereocenters. The minimum absolute atomic E-state index is 0.262. The average molecular weight is 248 g/mol. The molecule has 1 atom stereocenters. The van der Waals surface area contributed by atoms with E-state index in [9.17, 15) is 4.79 Å². The molecule has 1 aliphatic heterocycles. The topological polar surface area (TPSA) is 62.5 Å². The molecule has 0 saturated carbocycles. The normalized spacial score (nSPS) is 19.6. The van der Waals surface area contributed by atoms with Crippen LogP contribution in [0.2, 0.25) is 0 Å². The van der Waals surface area contributed by atoms with Gasteiger partial charge in [-0.1, -0.05) is 6.07 Å². The molecular weight excluding hydrogens is 228 g/mol.